The van der Waals surface area contributed by atoms with Crippen LogP contribution in [0.3, 0.4) is 0 Å². The van der Waals surface area contributed by atoms with E-state index in [-0.39, 0.29) is 0 Å². The molecule has 0 aliphatic carbocycles. The molecule has 2 heterocycles. The van der Waals surface area contributed by atoms with Crippen molar-refractivity contribution in [2.24, 2.45) is 0 Å². The van der Waals surface area contributed by atoms with Crippen molar-refractivity contribution in [3.63, 3.8) is 0 Å². The Kier molecular flexibility index (Phi) is 3.52. The lowest BCUT2D eigenvalue weighted by molar-refractivity contribution is 0.357. The Labute approximate surface area is 117 Å². The van der Waals surface area contributed by atoms with Crippen molar-refractivity contribution in [1.29, 1.82) is 0 Å². The van der Waals surface area contributed by atoms with E-state index in [0.29, 0.717) is 30.1 Å². The average Bonchev–Trinajstić information content (AvgIpc) is 3.10. The van der Waals surface area contributed by atoms with Crippen LogP contribution in [0.2, 0.25) is 0 Å². The van der Waals surface area contributed by atoms with Gasteiger partial charge in [-0.2, -0.15) is 4.98 Å². The Balaban J connectivity index is 1.79. The van der Waals surface area contributed by atoms with Gasteiger partial charge in [0.25, 0.3) is 0 Å². The first-order chi connectivity index (χ1) is 9.76. The van der Waals surface area contributed by atoms with Crippen molar-refractivity contribution in [3.05, 3.63) is 36.2 Å². The summed E-state index contributed by atoms with van der Waals surface area (Å²) in [5, 5.41) is 8.31. The molecule has 0 fully saturated rings. The van der Waals surface area contributed by atoms with Gasteiger partial charge in [0.05, 0.1) is 6.54 Å². The molecule has 5 heteroatoms. The molecule has 0 amide bonds. The minimum atomic E-state index is 0.427. The first-order valence-corrected chi connectivity index (χ1v) is 6.81. The fourth-order valence-corrected chi connectivity index (χ4v) is 1.92. The van der Waals surface area contributed by atoms with Gasteiger partial charge in [-0.3, -0.25) is 0 Å². The molecule has 0 radical (unpaired) electrons. The third-order valence-corrected chi connectivity index (χ3v) is 3.33. The zero-order valence-electron chi connectivity index (χ0n) is 11.6. The summed E-state index contributed by atoms with van der Waals surface area (Å²) in [6.45, 7) is 4.82. The lowest BCUT2D eigenvalue weighted by Crippen LogP contribution is -2.24. The maximum atomic E-state index is 5.71. The normalized spacial score (nSPS) is 12.9. The molecular weight excluding hydrogens is 254 g/mol. The molecule has 0 spiro atoms. The van der Waals surface area contributed by atoms with Crippen LogP contribution in [-0.2, 0) is 6.54 Å². The molecule has 0 bridgehead atoms. The summed E-state index contributed by atoms with van der Waals surface area (Å²) < 4.78 is 10.9. The minimum Gasteiger partial charge on any atom is -0.453 e. The van der Waals surface area contributed by atoms with Gasteiger partial charge in [0.1, 0.15) is 5.58 Å². The highest BCUT2D eigenvalue weighted by Gasteiger charge is 2.13. The lowest BCUT2D eigenvalue weighted by atomic mass is 10.2. The summed E-state index contributed by atoms with van der Waals surface area (Å²) in [4.78, 5) is 4.35. The highest BCUT2D eigenvalue weighted by Crippen LogP contribution is 2.25. The highest BCUT2D eigenvalue weighted by molar-refractivity contribution is 5.81. The molecule has 0 saturated carbocycles. The van der Waals surface area contributed by atoms with Crippen LogP contribution in [-0.4, -0.2) is 16.2 Å². The van der Waals surface area contributed by atoms with E-state index in [2.05, 4.69) is 29.3 Å². The highest BCUT2D eigenvalue weighted by atomic mass is 16.5. The van der Waals surface area contributed by atoms with Gasteiger partial charge in [0, 0.05) is 11.4 Å². The smallest absolute Gasteiger partial charge is 0.241 e. The fourth-order valence-electron chi connectivity index (χ4n) is 1.92. The van der Waals surface area contributed by atoms with E-state index >= 15 is 0 Å². The Bertz CT molecular complexity index is 669. The second kappa shape index (κ2) is 5.46. The number of hydrogen-bond acceptors (Lipinski definition) is 5. The first-order valence-electron chi connectivity index (χ1n) is 6.81. The third kappa shape index (κ3) is 2.58. The molecule has 0 aliphatic heterocycles. The van der Waals surface area contributed by atoms with Crippen molar-refractivity contribution in [2.75, 3.05) is 0 Å². The monoisotopic (exact) mass is 271 g/mol. The van der Waals surface area contributed by atoms with Crippen LogP contribution in [0, 0.1) is 0 Å². The van der Waals surface area contributed by atoms with Gasteiger partial charge in [-0.15, -0.1) is 0 Å². The number of fused-ring (bicyclic) bond motifs is 1. The van der Waals surface area contributed by atoms with E-state index in [9.17, 15) is 0 Å². The molecule has 2 aromatic heterocycles. The summed E-state index contributed by atoms with van der Waals surface area (Å²) in [6.07, 6.45) is 1.06. The van der Waals surface area contributed by atoms with Gasteiger partial charge < -0.3 is 14.3 Å². The quantitative estimate of drug-likeness (QED) is 0.770. The zero-order chi connectivity index (χ0) is 13.9. The van der Waals surface area contributed by atoms with Crippen molar-refractivity contribution in [1.82, 2.24) is 15.5 Å². The maximum Gasteiger partial charge on any atom is 0.241 e. The van der Waals surface area contributed by atoms with Crippen LogP contribution in [0.15, 0.2) is 39.3 Å². The molecule has 5 nitrogen and oxygen atoms in total. The number of rotatable bonds is 5. The second-order valence-electron chi connectivity index (χ2n) is 4.85. The summed E-state index contributed by atoms with van der Waals surface area (Å²) >= 11 is 0. The number of furan rings is 1. The van der Waals surface area contributed by atoms with E-state index in [4.69, 9.17) is 8.94 Å². The summed E-state index contributed by atoms with van der Waals surface area (Å²) in [7, 11) is 0. The molecule has 1 aromatic carbocycles. The first kappa shape index (κ1) is 12.9. The third-order valence-electron chi connectivity index (χ3n) is 3.33. The second-order valence-corrected chi connectivity index (χ2v) is 4.85. The van der Waals surface area contributed by atoms with E-state index in [1.165, 1.54) is 0 Å². The van der Waals surface area contributed by atoms with E-state index < -0.39 is 0 Å². The molecule has 0 aliphatic rings. The standard InChI is InChI=1S/C15H17N3O2/c1-3-10(2)16-9-14-17-15(18-20-14)13-8-11-6-4-5-7-12(11)19-13/h4-8,10,16H,3,9H2,1-2H3. The van der Waals surface area contributed by atoms with Crippen LogP contribution in [0.1, 0.15) is 26.2 Å². The fraction of sp³-hybridized carbons (Fsp3) is 0.333. The van der Waals surface area contributed by atoms with Gasteiger partial charge in [-0.25, -0.2) is 0 Å². The Hall–Kier alpha value is -2.14. The molecule has 104 valence electrons. The zero-order valence-corrected chi connectivity index (χ0v) is 11.6. The van der Waals surface area contributed by atoms with Gasteiger partial charge in [0.15, 0.2) is 5.76 Å². The van der Waals surface area contributed by atoms with E-state index in [1.807, 2.05) is 30.3 Å². The van der Waals surface area contributed by atoms with E-state index in [1.54, 1.807) is 0 Å². The molecule has 1 N–H and O–H groups in total. The largest absolute Gasteiger partial charge is 0.453 e. The van der Waals surface area contributed by atoms with Gasteiger partial charge in [-0.1, -0.05) is 30.3 Å². The summed E-state index contributed by atoms with van der Waals surface area (Å²) in [5.41, 5.74) is 0.826. The Morgan fingerprint density at radius 1 is 1.30 bits per heavy atom. The van der Waals surface area contributed by atoms with Gasteiger partial charge in [0.2, 0.25) is 11.7 Å². The van der Waals surface area contributed by atoms with Crippen LogP contribution < -0.4 is 5.32 Å². The number of benzene rings is 1. The Morgan fingerprint density at radius 3 is 2.95 bits per heavy atom. The van der Waals surface area contributed by atoms with Gasteiger partial charge in [-0.05, 0) is 25.5 Å². The molecule has 0 saturated heterocycles. The van der Waals surface area contributed by atoms with Crippen LogP contribution >= 0.6 is 0 Å². The van der Waals surface area contributed by atoms with E-state index in [0.717, 1.165) is 17.4 Å². The van der Waals surface area contributed by atoms with Crippen LogP contribution in [0.25, 0.3) is 22.6 Å². The van der Waals surface area contributed by atoms with Crippen LogP contribution in [0.4, 0.5) is 0 Å². The average molecular weight is 271 g/mol. The maximum absolute atomic E-state index is 5.71. The predicted octanol–water partition coefficient (Wildman–Crippen LogP) is 3.37. The van der Waals surface area contributed by atoms with Gasteiger partial charge >= 0.3 is 0 Å². The molecule has 1 unspecified atom stereocenters. The van der Waals surface area contributed by atoms with Crippen molar-refractivity contribution >= 4 is 11.0 Å². The number of nitrogens with one attached hydrogen (secondary N) is 1. The van der Waals surface area contributed by atoms with Crippen molar-refractivity contribution < 1.29 is 8.94 Å². The number of nitrogens with zero attached hydrogens (tertiary/aromatic N) is 2. The molecule has 3 aromatic rings. The number of hydrogen-bond donors (Lipinski definition) is 1. The molecule has 1 atom stereocenters. The topological polar surface area (TPSA) is 64.1 Å². The lowest BCUT2D eigenvalue weighted by Gasteiger charge is -2.07. The predicted molar refractivity (Wildman–Crippen MR) is 76.1 cm³/mol. The minimum absolute atomic E-state index is 0.427. The molecule has 3 rings (SSSR count). The number of para-hydroxylation sites is 1. The number of aromatic nitrogens is 2. The van der Waals surface area contributed by atoms with Crippen molar-refractivity contribution in [2.45, 2.75) is 32.9 Å². The molecular formula is C15H17N3O2. The van der Waals surface area contributed by atoms with Crippen molar-refractivity contribution in [3.8, 4) is 11.6 Å². The van der Waals surface area contributed by atoms with Crippen LogP contribution in [0.5, 0.6) is 0 Å². The Morgan fingerprint density at radius 2 is 2.15 bits per heavy atom. The SMILES string of the molecule is CCC(C)NCc1nc(-c2cc3ccccc3o2)no1. The summed E-state index contributed by atoms with van der Waals surface area (Å²) in [6, 6.07) is 10.2. The summed E-state index contributed by atoms with van der Waals surface area (Å²) in [5.74, 6) is 1.69. The molecule has 20 heavy (non-hydrogen) atoms.